The number of phenols is 1. The number of Topliss-reactive ketones (excluding diaryl/α,β-unsaturated/α-hetero) is 1. The Bertz CT molecular complexity index is 471. The molecule has 1 aliphatic rings. The van der Waals surface area contributed by atoms with Crippen LogP contribution in [0.3, 0.4) is 0 Å². The van der Waals surface area contributed by atoms with Crippen molar-refractivity contribution < 1.29 is 14.7 Å². The van der Waals surface area contributed by atoms with Crippen molar-refractivity contribution in [3.8, 4) is 5.75 Å². The Balaban J connectivity index is 2.55. The maximum atomic E-state index is 11.8. The number of aromatic hydroxyl groups is 1. The molecule has 1 heterocycles. The Morgan fingerprint density at radius 2 is 2.25 bits per heavy atom. The predicted octanol–water partition coefficient (Wildman–Crippen LogP) is 2.03. The van der Waals surface area contributed by atoms with Crippen LogP contribution in [0.5, 0.6) is 5.75 Å². The van der Waals surface area contributed by atoms with Gasteiger partial charge in [0.25, 0.3) is 0 Å². The Morgan fingerprint density at radius 3 is 2.94 bits per heavy atom. The van der Waals surface area contributed by atoms with E-state index in [4.69, 9.17) is 0 Å². The zero-order chi connectivity index (χ0) is 11.7. The van der Waals surface area contributed by atoms with Crippen LogP contribution in [0.25, 0.3) is 0 Å². The smallest absolute Gasteiger partial charge is 0.221 e. The minimum absolute atomic E-state index is 0.0339. The van der Waals surface area contributed by atoms with E-state index in [9.17, 15) is 14.7 Å². The molecule has 16 heavy (non-hydrogen) atoms. The van der Waals surface area contributed by atoms with E-state index >= 15 is 0 Å². The first-order chi connectivity index (χ1) is 7.59. The van der Waals surface area contributed by atoms with E-state index in [0.29, 0.717) is 28.3 Å². The number of benzene rings is 1. The average Bonchev–Trinajstić information content (AvgIpc) is 2.22. The van der Waals surface area contributed by atoms with E-state index < -0.39 is 0 Å². The third-order valence-electron chi connectivity index (χ3n) is 2.30. The van der Waals surface area contributed by atoms with E-state index in [2.05, 4.69) is 5.32 Å². The fourth-order valence-electron chi connectivity index (χ4n) is 1.66. The van der Waals surface area contributed by atoms with Gasteiger partial charge in [-0.15, -0.1) is 11.8 Å². The van der Waals surface area contributed by atoms with Crippen LogP contribution in [0.15, 0.2) is 17.0 Å². The molecule has 84 valence electrons. The van der Waals surface area contributed by atoms with E-state index in [1.165, 1.54) is 24.8 Å². The monoisotopic (exact) mass is 237 g/mol. The first-order valence-corrected chi connectivity index (χ1v) is 5.87. The Morgan fingerprint density at radius 1 is 1.50 bits per heavy atom. The van der Waals surface area contributed by atoms with Gasteiger partial charge in [-0.25, -0.2) is 0 Å². The van der Waals surface area contributed by atoms with Gasteiger partial charge in [0.15, 0.2) is 5.78 Å². The number of nitrogens with one attached hydrogen (secondary N) is 1. The van der Waals surface area contributed by atoms with Gasteiger partial charge in [0.05, 0.1) is 16.1 Å². The highest BCUT2D eigenvalue weighted by Crippen LogP contribution is 2.40. The summed E-state index contributed by atoms with van der Waals surface area (Å²) < 4.78 is 0. The van der Waals surface area contributed by atoms with Crippen LogP contribution in [-0.2, 0) is 4.79 Å². The molecule has 1 amide bonds. The SMILES string of the molecule is CC(=O)Nc1ccc(O)c2c1C(=O)CCS2. The van der Waals surface area contributed by atoms with Gasteiger partial charge in [0.2, 0.25) is 5.91 Å². The van der Waals surface area contributed by atoms with Crippen LogP contribution in [0.1, 0.15) is 23.7 Å². The highest BCUT2D eigenvalue weighted by molar-refractivity contribution is 7.99. The molecule has 0 atom stereocenters. The third kappa shape index (κ3) is 1.90. The zero-order valence-corrected chi connectivity index (χ0v) is 9.56. The average molecular weight is 237 g/mol. The molecular weight excluding hydrogens is 226 g/mol. The molecule has 1 aromatic rings. The molecule has 1 aromatic carbocycles. The summed E-state index contributed by atoms with van der Waals surface area (Å²) in [5, 5.41) is 12.3. The van der Waals surface area contributed by atoms with Crippen molar-refractivity contribution in [2.75, 3.05) is 11.1 Å². The lowest BCUT2D eigenvalue weighted by atomic mass is 10.1. The summed E-state index contributed by atoms with van der Waals surface area (Å²) in [6.07, 6.45) is 0.438. The molecule has 0 aliphatic carbocycles. The van der Waals surface area contributed by atoms with Crippen LogP contribution < -0.4 is 5.32 Å². The minimum atomic E-state index is -0.226. The molecule has 2 rings (SSSR count). The summed E-state index contributed by atoms with van der Waals surface area (Å²) in [7, 11) is 0. The van der Waals surface area contributed by atoms with Crippen molar-refractivity contribution in [3.05, 3.63) is 17.7 Å². The quantitative estimate of drug-likeness (QED) is 0.733. The normalized spacial score (nSPS) is 14.4. The second-order valence-electron chi connectivity index (χ2n) is 3.54. The van der Waals surface area contributed by atoms with Crippen molar-refractivity contribution in [1.29, 1.82) is 0 Å². The van der Waals surface area contributed by atoms with Gasteiger partial charge in [-0.05, 0) is 12.1 Å². The van der Waals surface area contributed by atoms with Crippen LogP contribution in [-0.4, -0.2) is 22.5 Å². The number of amides is 1. The van der Waals surface area contributed by atoms with Crippen molar-refractivity contribution >= 4 is 29.1 Å². The molecule has 0 spiro atoms. The number of hydrogen-bond donors (Lipinski definition) is 2. The number of fused-ring (bicyclic) bond motifs is 1. The second kappa shape index (κ2) is 4.17. The molecule has 4 nitrogen and oxygen atoms in total. The summed E-state index contributed by atoms with van der Waals surface area (Å²) in [4.78, 5) is 23.3. The lowest BCUT2D eigenvalue weighted by Gasteiger charge is -2.18. The molecule has 0 bridgehead atoms. The van der Waals surface area contributed by atoms with Crippen molar-refractivity contribution in [1.82, 2.24) is 0 Å². The van der Waals surface area contributed by atoms with Crippen molar-refractivity contribution in [3.63, 3.8) is 0 Å². The topological polar surface area (TPSA) is 66.4 Å². The van der Waals surface area contributed by atoms with Crippen LogP contribution in [0.2, 0.25) is 0 Å². The van der Waals surface area contributed by atoms with E-state index in [1.807, 2.05) is 0 Å². The lowest BCUT2D eigenvalue weighted by molar-refractivity contribution is -0.114. The summed E-state index contributed by atoms with van der Waals surface area (Å²) >= 11 is 1.44. The van der Waals surface area contributed by atoms with Crippen LogP contribution >= 0.6 is 11.8 Å². The van der Waals surface area contributed by atoms with E-state index in [0.717, 1.165) is 0 Å². The number of ketones is 1. The van der Waals surface area contributed by atoms with Crippen molar-refractivity contribution in [2.45, 2.75) is 18.2 Å². The van der Waals surface area contributed by atoms with Crippen molar-refractivity contribution in [2.24, 2.45) is 0 Å². The molecule has 0 aromatic heterocycles. The fourth-order valence-corrected chi connectivity index (χ4v) is 2.73. The molecule has 0 radical (unpaired) electrons. The van der Waals surface area contributed by atoms with Gasteiger partial charge in [-0.1, -0.05) is 0 Å². The van der Waals surface area contributed by atoms with Gasteiger partial charge in [-0.2, -0.15) is 0 Å². The molecule has 0 saturated heterocycles. The summed E-state index contributed by atoms with van der Waals surface area (Å²) in [6, 6.07) is 3.05. The van der Waals surface area contributed by atoms with Gasteiger partial charge in [0, 0.05) is 19.1 Å². The van der Waals surface area contributed by atoms with Gasteiger partial charge < -0.3 is 10.4 Å². The predicted molar refractivity (Wildman–Crippen MR) is 62.1 cm³/mol. The molecular formula is C11H11NO3S. The highest BCUT2D eigenvalue weighted by Gasteiger charge is 2.24. The van der Waals surface area contributed by atoms with Crippen LogP contribution in [0, 0.1) is 0 Å². The minimum Gasteiger partial charge on any atom is -0.507 e. The summed E-state index contributed by atoms with van der Waals surface area (Å²) in [6.45, 7) is 1.39. The van der Waals surface area contributed by atoms with Gasteiger partial charge in [-0.3, -0.25) is 9.59 Å². The molecule has 5 heteroatoms. The molecule has 1 aliphatic heterocycles. The van der Waals surface area contributed by atoms with Gasteiger partial charge in [0.1, 0.15) is 5.75 Å². The van der Waals surface area contributed by atoms with E-state index in [1.54, 1.807) is 6.07 Å². The number of phenolic OH excluding ortho intramolecular Hbond substituents is 1. The van der Waals surface area contributed by atoms with Gasteiger partial charge >= 0.3 is 0 Å². The number of carbonyl (C=O) groups excluding carboxylic acids is 2. The molecule has 0 fully saturated rings. The summed E-state index contributed by atoms with van der Waals surface area (Å²) in [5.74, 6) is 0.509. The first-order valence-electron chi connectivity index (χ1n) is 4.89. The largest absolute Gasteiger partial charge is 0.507 e. The number of rotatable bonds is 1. The first kappa shape index (κ1) is 11.0. The molecule has 2 N–H and O–H groups in total. The Hall–Kier alpha value is -1.49. The maximum Gasteiger partial charge on any atom is 0.221 e. The van der Waals surface area contributed by atoms with E-state index in [-0.39, 0.29) is 17.4 Å². The molecule has 0 unspecified atom stereocenters. The summed E-state index contributed by atoms with van der Waals surface area (Å²) in [5.41, 5.74) is 0.920. The van der Waals surface area contributed by atoms with Crippen LogP contribution in [0.4, 0.5) is 5.69 Å². The number of carbonyl (C=O) groups is 2. The number of thioether (sulfide) groups is 1. The Labute approximate surface area is 97.0 Å². The fraction of sp³-hybridized carbons (Fsp3) is 0.273. The molecule has 0 saturated carbocycles. The second-order valence-corrected chi connectivity index (χ2v) is 4.64. The standard InChI is InChI=1S/C11H11NO3S/c1-6(13)12-7-2-3-9(15)11-10(7)8(14)4-5-16-11/h2-3,15H,4-5H2,1H3,(H,12,13). The lowest BCUT2D eigenvalue weighted by Crippen LogP contribution is -2.15. The zero-order valence-electron chi connectivity index (χ0n) is 8.74. The Kier molecular flexibility index (Phi) is 2.87. The number of anilines is 1. The highest BCUT2D eigenvalue weighted by atomic mass is 32.2. The number of hydrogen-bond acceptors (Lipinski definition) is 4. The third-order valence-corrected chi connectivity index (χ3v) is 3.41. The maximum absolute atomic E-state index is 11.8.